The molecule has 52 valence electrons. The molecule has 1 aromatic heterocycles. The van der Waals surface area contributed by atoms with Gasteiger partial charge in [0, 0.05) is 16.8 Å². The van der Waals surface area contributed by atoms with Gasteiger partial charge >= 0.3 is 0 Å². The topological polar surface area (TPSA) is 35.8 Å². The van der Waals surface area contributed by atoms with E-state index in [1.54, 1.807) is 11.3 Å². The summed E-state index contributed by atoms with van der Waals surface area (Å²) in [5.74, 6) is 0. The monoisotopic (exact) mass is 152 g/mol. The number of hydrogen-bond acceptors (Lipinski definition) is 3. The second-order valence-electron chi connectivity index (χ2n) is 1.94. The van der Waals surface area contributed by atoms with Crippen molar-refractivity contribution in [3.05, 3.63) is 21.9 Å². The molecule has 0 amide bonds. The van der Waals surface area contributed by atoms with Crippen LogP contribution in [0.2, 0.25) is 0 Å². The van der Waals surface area contributed by atoms with Gasteiger partial charge in [-0.3, -0.25) is 0 Å². The Balaban J connectivity index is 2.71. The van der Waals surface area contributed by atoms with Gasteiger partial charge < -0.3 is 5.32 Å². The van der Waals surface area contributed by atoms with Crippen LogP contribution in [0.25, 0.3) is 0 Å². The maximum Gasteiger partial charge on any atom is 0.100 e. The first-order chi connectivity index (χ1) is 4.86. The predicted octanol–water partition coefficient (Wildman–Crippen LogP) is 1.34. The van der Waals surface area contributed by atoms with Gasteiger partial charge in [-0.25, -0.2) is 0 Å². The zero-order chi connectivity index (χ0) is 7.40. The summed E-state index contributed by atoms with van der Waals surface area (Å²) in [6.45, 7) is 0.854. The Hall–Kier alpha value is -0.850. The summed E-state index contributed by atoms with van der Waals surface area (Å²) in [5.41, 5.74) is 0.759. The van der Waals surface area contributed by atoms with E-state index in [9.17, 15) is 0 Å². The molecule has 0 saturated heterocycles. The van der Waals surface area contributed by atoms with Crippen LogP contribution in [0.4, 0.5) is 0 Å². The zero-order valence-electron chi connectivity index (χ0n) is 5.72. The van der Waals surface area contributed by atoms with Crippen LogP contribution < -0.4 is 5.32 Å². The lowest BCUT2D eigenvalue weighted by atomic mass is 10.3. The highest BCUT2D eigenvalue weighted by Gasteiger charge is 1.95. The Morgan fingerprint density at radius 1 is 1.80 bits per heavy atom. The van der Waals surface area contributed by atoms with Crippen LogP contribution >= 0.6 is 11.3 Å². The minimum absolute atomic E-state index is 0.759. The third kappa shape index (κ3) is 1.56. The van der Waals surface area contributed by atoms with Gasteiger partial charge in [0.1, 0.15) is 6.07 Å². The summed E-state index contributed by atoms with van der Waals surface area (Å²) in [7, 11) is 1.89. The first-order valence-corrected chi connectivity index (χ1v) is 3.87. The molecule has 0 aliphatic carbocycles. The molecule has 0 fully saturated rings. The standard InChI is InChI=1S/C7H8N2S/c1-9-4-7-2-6(3-8)5-10-7/h2,5,9H,4H2,1H3. The highest BCUT2D eigenvalue weighted by atomic mass is 32.1. The van der Waals surface area contributed by atoms with Crippen LogP contribution in [0.15, 0.2) is 11.4 Å². The van der Waals surface area contributed by atoms with Crippen LogP contribution in [0, 0.1) is 11.3 Å². The summed E-state index contributed by atoms with van der Waals surface area (Å²) >= 11 is 1.61. The van der Waals surface area contributed by atoms with E-state index in [1.165, 1.54) is 4.88 Å². The molecule has 0 unspecified atom stereocenters. The molecule has 0 aromatic carbocycles. The van der Waals surface area contributed by atoms with Gasteiger partial charge in [-0.05, 0) is 13.1 Å². The second kappa shape index (κ2) is 3.35. The summed E-state index contributed by atoms with van der Waals surface area (Å²) in [5, 5.41) is 13.3. The first-order valence-electron chi connectivity index (χ1n) is 2.99. The Morgan fingerprint density at radius 3 is 3.10 bits per heavy atom. The first kappa shape index (κ1) is 7.26. The van der Waals surface area contributed by atoms with Crippen LogP contribution in [-0.4, -0.2) is 7.05 Å². The predicted molar refractivity (Wildman–Crippen MR) is 41.8 cm³/mol. The lowest BCUT2D eigenvalue weighted by Gasteiger charge is -1.89. The number of rotatable bonds is 2. The molecule has 0 atom stereocenters. The molecule has 0 aliphatic rings. The minimum atomic E-state index is 0.759. The van der Waals surface area contributed by atoms with Gasteiger partial charge in [0.15, 0.2) is 0 Å². The zero-order valence-corrected chi connectivity index (χ0v) is 6.53. The number of nitriles is 1. The number of thiophene rings is 1. The molecule has 3 heteroatoms. The number of nitrogens with one attached hydrogen (secondary N) is 1. The van der Waals surface area contributed by atoms with Crippen molar-refractivity contribution in [1.29, 1.82) is 5.26 Å². The third-order valence-electron chi connectivity index (χ3n) is 1.13. The fraction of sp³-hybridized carbons (Fsp3) is 0.286. The summed E-state index contributed by atoms with van der Waals surface area (Å²) in [4.78, 5) is 1.21. The summed E-state index contributed by atoms with van der Waals surface area (Å²) in [6.07, 6.45) is 0. The van der Waals surface area contributed by atoms with Crippen LogP contribution in [0.5, 0.6) is 0 Å². The SMILES string of the molecule is CNCc1cc(C#N)cs1. The van der Waals surface area contributed by atoms with Crippen molar-refractivity contribution in [3.8, 4) is 6.07 Å². The number of hydrogen-bond donors (Lipinski definition) is 1. The van der Waals surface area contributed by atoms with E-state index < -0.39 is 0 Å². The van der Waals surface area contributed by atoms with E-state index in [4.69, 9.17) is 5.26 Å². The molecule has 0 saturated carbocycles. The molecule has 0 spiro atoms. The van der Waals surface area contributed by atoms with Crippen LogP contribution in [-0.2, 0) is 6.54 Å². The van der Waals surface area contributed by atoms with Crippen molar-refractivity contribution in [2.45, 2.75) is 6.54 Å². The van der Waals surface area contributed by atoms with E-state index in [0.29, 0.717) is 0 Å². The van der Waals surface area contributed by atoms with Gasteiger partial charge in [0.25, 0.3) is 0 Å². The van der Waals surface area contributed by atoms with Crippen molar-refractivity contribution in [2.75, 3.05) is 7.05 Å². The minimum Gasteiger partial charge on any atom is -0.315 e. The molecule has 10 heavy (non-hydrogen) atoms. The van der Waals surface area contributed by atoms with Crippen molar-refractivity contribution in [2.24, 2.45) is 0 Å². The lowest BCUT2D eigenvalue weighted by Crippen LogP contribution is -2.02. The normalized spacial score (nSPS) is 9.20. The van der Waals surface area contributed by atoms with Gasteiger partial charge in [-0.15, -0.1) is 11.3 Å². The molecule has 0 radical (unpaired) electrons. The Labute approximate surface area is 64.1 Å². The van der Waals surface area contributed by atoms with Crippen molar-refractivity contribution in [1.82, 2.24) is 5.32 Å². The quantitative estimate of drug-likeness (QED) is 0.694. The third-order valence-corrected chi connectivity index (χ3v) is 2.07. The van der Waals surface area contributed by atoms with E-state index in [0.717, 1.165) is 12.1 Å². The second-order valence-corrected chi connectivity index (χ2v) is 2.94. The Morgan fingerprint density at radius 2 is 2.60 bits per heavy atom. The van der Waals surface area contributed by atoms with E-state index in [-0.39, 0.29) is 0 Å². The lowest BCUT2D eigenvalue weighted by molar-refractivity contribution is 0.831. The Kier molecular flexibility index (Phi) is 2.43. The maximum absolute atomic E-state index is 8.46. The maximum atomic E-state index is 8.46. The average Bonchev–Trinajstić information content (AvgIpc) is 2.37. The molecule has 1 N–H and O–H groups in total. The molecule has 2 nitrogen and oxygen atoms in total. The molecule has 0 bridgehead atoms. The molecular weight excluding hydrogens is 144 g/mol. The van der Waals surface area contributed by atoms with Gasteiger partial charge in [0.2, 0.25) is 0 Å². The van der Waals surface area contributed by atoms with E-state index in [2.05, 4.69) is 11.4 Å². The van der Waals surface area contributed by atoms with Crippen molar-refractivity contribution < 1.29 is 0 Å². The summed E-state index contributed by atoms with van der Waals surface area (Å²) in [6, 6.07) is 3.99. The highest BCUT2D eigenvalue weighted by Crippen LogP contribution is 2.12. The fourth-order valence-electron chi connectivity index (χ4n) is 0.706. The van der Waals surface area contributed by atoms with Crippen molar-refractivity contribution in [3.63, 3.8) is 0 Å². The van der Waals surface area contributed by atoms with Crippen LogP contribution in [0.1, 0.15) is 10.4 Å². The van der Waals surface area contributed by atoms with Crippen LogP contribution in [0.3, 0.4) is 0 Å². The molecule has 1 rings (SSSR count). The average molecular weight is 152 g/mol. The molecule has 0 aliphatic heterocycles. The van der Waals surface area contributed by atoms with E-state index in [1.807, 2.05) is 18.5 Å². The fourth-order valence-corrected chi connectivity index (χ4v) is 1.53. The largest absolute Gasteiger partial charge is 0.315 e. The molecule has 1 aromatic rings. The van der Waals surface area contributed by atoms with Gasteiger partial charge in [-0.2, -0.15) is 5.26 Å². The van der Waals surface area contributed by atoms with Crippen molar-refractivity contribution >= 4 is 11.3 Å². The summed E-state index contributed by atoms with van der Waals surface area (Å²) < 4.78 is 0. The number of nitrogens with zero attached hydrogens (tertiary/aromatic N) is 1. The van der Waals surface area contributed by atoms with E-state index >= 15 is 0 Å². The van der Waals surface area contributed by atoms with Gasteiger partial charge in [-0.1, -0.05) is 0 Å². The highest BCUT2D eigenvalue weighted by molar-refractivity contribution is 7.10. The smallest absolute Gasteiger partial charge is 0.100 e. The molecule has 1 heterocycles. The van der Waals surface area contributed by atoms with Gasteiger partial charge in [0.05, 0.1) is 5.56 Å². The Bertz CT molecular complexity index is 246. The molecular formula is C7H8N2S.